The number of aromatic nitrogens is 2. The van der Waals surface area contributed by atoms with Crippen LogP contribution in [0.25, 0.3) is 0 Å². The van der Waals surface area contributed by atoms with Crippen LogP contribution in [0.2, 0.25) is 0 Å². The zero-order chi connectivity index (χ0) is 15.2. The van der Waals surface area contributed by atoms with Crippen LogP contribution in [-0.4, -0.2) is 28.4 Å². The van der Waals surface area contributed by atoms with Gasteiger partial charge in [0.05, 0.1) is 6.42 Å². The number of carbonyl (C=O) groups excluding carboxylic acids is 2. The fourth-order valence-electron chi connectivity index (χ4n) is 2.42. The van der Waals surface area contributed by atoms with Crippen LogP contribution < -0.4 is 5.32 Å². The lowest BCUT2D eigenvalue weighted by Gasteiger charge is -2.18. The van der Waals surface area contributed by atoms with Gasteiger partial charge in [0.25, 0.3) is 0 Å². The average molecular weight is 293 g/mol. The Balaban J connectivity index is 1.78. The molecule has 2 rings (SSSR count). The number of nitrogens with zero attached hydrogens (tertiary/aromatic N) is 2. The zero-order valence-corrected chi connectivity index (χ0v) is 12.7. The van der Waals surface area contributed by atoms with Crippen LogP contribution in [0.15, 0.2) is 4.52 Å². The molecule has 6 nitrogen and oxygen atoms in total. The third-order valence-corrected chi connectivity index (χ3v) is 3.66. The maximum atomic E-state index is 11.7. The van der Waals surface area contributed by atoms with Gasteiger partial charge in [-0.05, 0) is 24.7 Å². The van der Waals surface area contributed by atoms with E-state index < -0.39 is 0 Å². The van der Waals surface area contributed by atoms with Crippen LogP contribution in [0, 0.1) is 11.8 Å². The Kier molecular flexibility index (Phi) is 5.47. The van der Waals surface area contributed by atoms with Crippen LogP contribution in [-0.2, 0) is 22.4 Å². The number of ketones is 1. The minimum atomic E-state index is -0.0840. The predicted molar refractivity (Wildman–Crippen MR) is 76.5 cm³/mol. The first-order chi connectivity index (χ1) is 10.0. The van der Waals surface area contributed by atoms with Gasteiger partial charge in [0.2, 0.25) is 11.8 Å². The van der Waals surface area contributed by atoms with Crippen LogP contribution in [0.1, 0.15) is 51.2 Å². The lowest BCUT2D eigenvalue weighted by molar-refractivity contribution is -0.121. The summed E-state index contributed by atoms with van der Waals surface area (Å²) in [4.78, 5) is 27.1. The first-order valence-electron chi connectivity index (χ1n) is 7.62. The summed E-state index contributed by atoms with van der Waals surface area (Å²) in [6, 6.07) is 0. The summed E-state index contributed by atoms with van der Waals surface area (Å²) >= 11 is 0. The van der Waals surface area contributed by atoms with Crippen molar-refractivity contribution in [2.24, 2.45) is 11.8 Å². The molecule has 0 aliphatic heterocycles. The third kappa shape index (κ3) is 5.28. The van der Waals surface area contributed by atoms with Gasteiger partial charge >= 0.3 is 0 Å². The van der Waals surface area contributed by atoms with Crippen LogP contribution in [0.4, 0.5) is 0 Å². The molecule has 0 atom stereocenters. The average Bonchev–Trinajstić information content (AvgIpc) is 2.86. The van der Waals surface area contributed by atoms with E-state index in [1.807, 2.05) is 13.8 Å². The summed E-state index contributed by atoms with van der Waals surface area (Å²) < 4.78 is 5.19. The van der Waals surface area contributed by atoms with E-state index in [1.54, 1.807) is 0 Å². The number of amides is 1. The molecule has 6 heteroatoms. The van der Waals surface area contributed by atoms with Gasteiger partial charge in [0, 0.05) is 25.8 Å². The number of carbonyl (C=O) groups is 2. The van der Waals surface area contributed by atoms with Crippen molar-refractivity contribution < 1.29 is 14.1 Å². The van der Waals surface area contributed by atoms with E-state index in [0.717, 1.165) is 12.8 Å². The lowest BCUT2D eigenvalue weighted by atomic mass is 9.86. The van der Waals surface area contributed by atoms with E-state index in [0.29, 0.717) is 55.1 Å². The van der Waals surface area contributed by atoms with E-state index in [2.05, 4.69) is 15.5 Å². The van der Waals surface area contributed by atoms with Crippen molar-refractivity contribution >= 4 is 11.7 Å². The van der Waals surface area contributed by atoms with Gasteiger partial charge < -0.3 is 9.84 Å². The Morgan fingerprint density at radius 2 is 2.10 bits per heavy atom. The molecule has 21 heavy (non-hydrogen) atoms. The van der Waals surface area contributed by atoms with E-state index in [4.69, 9.17) is 4.52 Å². The number of Topliss-reactive ketones (excluding diaryl/α,β-unsaturated/α-hetero) is 1. The predicted octanol–water partition coefficient (Wildman–Crippen LogP) is 1.69. The van der Waals surface area contributed by atoms with E-state index in [-0.39, 0.29) is 12.3 Å². The molecule has 1 aliphatic carbocycles. The van der Waals surface area contributed by atoms with Crippen molar-refractivity contribution in [2.75, 3.05) is 6.54 Å². The summed E-state index contributed by atoms with van der Waals surface area (Å²) in [5.41, 5.74) is 0. The Labute approximate surface area is 124 Å². The largest absolute Gasteiger partial charge is 0.355 e. The molecule has 0 saturated heterocycles. The number of hydrogen-bond acceptors (Lipinski definition) is 5. The molecule has 1 aromatic rings. The molecule has 0 bridgehead atoms. The van der Waals surface area contributed by atoms with Crippen molar-refractivity contribution in [3.05, 3.63) is 11.7 Å². The quantitative estimate of drug-likeness (QED) is 0.862. The summed E-state index contributed by atoms with van der Waals surface area (Å²) in [6.45, 7) is 4.74. The van der Waals surface area contributed by atoms with Crippen molar-refractivity contribution in [1.29, 1.82) is 0 Å². The highest BCUT2D eigenvalue weighted by atomic mass is 16.5. The minimum absolute atomic E-state index is 0.0840. The standard InChI is InChI=1S/C15H23N3O3/c1-10(2)9-16-14(20)8-13-17-15(21-18-13)7-11-3-5-12(19)6-4-11/h10-11H,3-9H2,1-2H3,(H,16,20). The Hall–Kier alpha value is -1.72. The van der Waals surface area contributed by atoms with Crippen molar-refractivity contribution in [2.45, 2.75) is 52.4 Å². The normalized spacial score (nSPS) is 16.4. The maximum Gasteiger partial charge on any atom is 0.227 e. The molecule has 0 unspecified atom stereocenters. The van der Waals surface area contributed by atoms with Crippen LogP contribution in [0.3, 0.4) is 0 Å². The molecule has 0 radical (unpaired) electrons. The Bertz CT molecular complexity index is 486. The molecule has 1 fully saturated rings. The SMILES string of the molecule is CC(C)CNC(=O)Cc1noc(CC2CCC(=O)CC2)n1. The fourth-order valence-corrected chi connectivity index (χ4v) is 2.42. The first kappa shape index (κ1) is 15.7. The van der Waals surface area contributed by atoms with Crippen LogP contribution >= 0.6 is 0 Å². The van der Waals surface area contributed by atoms with Gasteiger partial charge in [-0.15, -0.1) is 0 Å². The van der Waals surface area contributed by atoms with Crippen molar-refractivity contribution in [3.63, 3.8) is 0 Å². The molecule has 1 aliphatic rings. The smallest absolute Gasteiger partial charge is 0.227 e. The zero-order valence-electron chi connectivity index (χ0n) is 12.7. The minimum Gasteiger partial charge on any atom is -0.355 e. The lowest BCUT2D eigenvalue weighted by Crippen LogP contribution is -2.29. The number of nitrogens with one attached hydrogen (secondary N) is 1. The van der Waals surface area contributed by atoms with Crippen molar-refractivity contribution in [1.82, 2.24) is 15.5 Å². The van der Waals surface area contributed by atoms with E-state index in [1.165, 1.54) is 0 Å². The van der Waals surface area contributed by atoms with E-state index in [9.17, 15) is 9.59 Å². The highest BCUT2D eigenvalue weighted by Crippen LogP contribution is 2.24. The first-order valence-corrected chi connectivity index (χ1v) is 7.62. The second kappa shape index (κ2) is 7.33. The molecular formula is C15H23N3O3. The molecule has 1 amide bonds. The molecule has 1 heterocycles. The molecule has 116 valence electrons. The van der Waals surface area contributed by atoms with E-state index >= 15 is 0 Å². The summed E-state index contributed by atoms with van der Waals surface area (Å²) in [5, 5.41) is 6.68. The second-order valence-corrected chi connectivity index (χ2v) is 6.17. The molecular weight excluding hydrogens is 270 g/mol. The molecule has 1 aromatic heterocycles. The molecule has 1 saturated carbocycles. The number of rotatable bonds is 6. The second-order valence-electron chi connectivity index (χ2n) is 6.17. The number of hydrogen-bond donors (Lipinski definition) is 1. The van der Waals surface area contributed by atoms with Gasteiger partial charge in [0.15, 0.2) is 5.82 Å². The highest BCUT2D eigenvalue weighted by Gasteiger charge is 2.21. The Morgan fingerprint density at radius 3 is 2.76 bits per heavy atom. The highest BCUT2D eigenvalue weighted by molar-refractivity contribution is 5.79. The van der Waals surface area contributed by atoms with Gasteiger partial charge in [-0.3, -0.25) is 9.59 Å². The van der Waals surface area contributed by atoms with Crippen LogP contribution in [0.5, 0.6) is 0 Å². The van der Waals surface area contributed by atoms with Gasteiger partial charge in [-0.2, -0.15) is 4.98 Å². The summed E-state index contributed by atoms with van der Waals surface area (Å²) in [7, 11) is 0. The van der Waals surface area contributed by atoms with Crippen molar-refractivity contribution in [3.8, 4) is 0 Å². The summed E-state index contributed by atoms with van der Waals surface area (Å²) in [6.07, 6.45) is 3.96. The van der Waals surface area contributed by atoms with Gasteiger partial charge in [-0.1, -0.05) is 19.0 Å². The molecule has 1 N–H and O–H groups in total. The fraction of sp³-hybridized carbons (Fsp3) is 0.733. The topological polar surface area (TPSA) is 85.1 Å². The maximum absolute atomic E-state index is 11.7. The monoisotopic (exact) mass is 293 g/mol. The molecule has 0 spiro atoms. The third-order valence-electron chi connectivity index (χ3n) is 3.66. The molecule has 0 aromatic carbocycles. The van der Waals surface area contributed by atoms with Gasteiger partial charge in [-0.25, -0.2) is 0 Å². The summed E-state index contributed by atoms with van der Waals surface area (Å²) in [5.74, 6) is 2.12. The Morgan fingerprint density at radius 1 is 1.38 bits per heavy atom. The van der Waals surface area contributed by atoms with Gasteiger partial charge in [0.1, 0.15) is 5.78 Å².